The molecule has 0 fully saturated rings. The summed E-state index contributed by atoms with van der Waals surface area (Å²) in [6.45, 7) is 0.252. The highest BCUT2D eigenvalue weighted by Crippen LogP contribution is 2.13. The molecule has 2 heterocycles. The zero-order valence-corrected chi connectivity index (χ0v) is 6.36. The maximum atomic E-state index is 11.2. The summed E-state index contributed by atoms with van der Waals surface area (Å²) in [5, 5.41) is 0. The van der Waals surface area contributed by atoms with E-state index in [4.69, 9.17) is 0 Å². The molecule has 0 saturated carbocycles. The van der Waals surface area contributed by atoms with Crippen molar-refractivity contribution < 1.29 is 9.55 Å². The fourth-order valence-electron chi connectivity index (χ4n) is 1.30. The van der Waals surface area contributed by atoms with E-state index in [2.05, 4.69) is 4.98 Å². The van der Waals surface area contributed by atoms with Gasteiger partial charge in [0.15, 0.2) is 0 Å². The van der Waals surface area contributed by atoms with Crippen LogP contribution >= 0.6 is 0 Å². The van der Waals surface area contributed by atoms with Crippen LogP contribution in [0.25, 0.3) is 0 Å². The summed E-state index contributed by atoms with van der Waals surface area (Å²) >= 11 is 0. The van der Waals surface area contributed by atoms with Gasteiger partial charge in [-0.25, -0.2) is 0 Å². The molecule has 0 amide bonds. The van der Waals surface area contributed by atoms with Gasteiger partial charge in [-0.3, -0.25) is 9.78 Å². The molecule has 60 valence electrons. The molecule has 0 bridgehead atoms. The van der Waals surface area contributed by atoms with E-state index in [1.54, 1.807) is 12.3 Å². The number of Topliss-reactive ketones (excluding diaryl/α,β-unsaturated/α-hetero) is 1. The topological polar surface area (TPSA) is 50.0 Å². The molecule has 0 atom stereocenters. The van der Waals surface area contributed by atoms with Crippen molar-refractivity contribution in [1.82, 2.24) is 4.98 Å². The Labute approximate surface area is 68.8 Å². The Bertz CT molecular complexity index is 360. The number of hydrogen-bond acceptors (Lipinski definition) is 3. The number of ketones is 1. The van der Waals surface area contributed by atoms with Crippen LogP contribution in [0.1, 0.15) is 15.9 Å². The van der Waals surface area contributed by atoms with Crippen LogP contribution in [0.15, 0.2) is 18.5 Å². The number of nitroso groups, excluding NO2 is 1. The monoisotopic (exact) mass is 163 g/mol. The summed E-state index contributed by atoms with van der Waals surface area (Å²) in [5.41, 5.74) is 1.36. The van der Waals surface area contributed by atoms with Crippen molar-refractivity contribution in [2.24, 2.45) is 0 Å². The summed E-state index contributed by atoms with van der Waals surface area (Å²) in [6.07, 6.45) is 3.11. The summed E-state index contributed by atoms with van der Waals surface area (Å²) in [4.78, 5) is 26.0. The molecule has 4 nitrogen and oxygen atoms in total. The van der Waals surface area contributed by atoms with E-state index in [0.717, 1.165) is 10.3 Å². The van der Waals surface area contributed by atoms with Crippen molar-refractivity contribution in [3.63, 3.8) is 0 Å². The van der Waals surface area contributed by atoms with Crippen molar-refractivity contribution in [1.29, 1.82) is 0 Å². The SMILES string of the molecule is O=C1C[N+](=O)Cc2ccncc21. The van der Waals surface area contributed by atoms with E-state index < -0.39 is 0 Å². The van der Waals surface area contributed by atoms with E-state index >= 15 is 0 Å². The molecule has 12 heavy (non-hydrogen) atoms. The van der Waals surface area contributed by atoms with E-state index in [9.17, 15) is 9.70 Å². The van der Waals surface area contributed by atoms with Gasteiger partial charge in [-0.15, -0.1) is 0 Å². The number of carbonyl (C=O) groups is 1. The fourth-order valence-corrected chi connectivity index (χ4v) is 1.30. The Morgan fingerprint density at radius 3 is 3.08 bits per heavy atom. The van der Waals surface area contributed by atoms with Crippen LogP contribution in [-0.2, 0) is 6.54 Å². The highest BCUT2D eigenvalue weighted by Gasteiger charge is 2.27. The van der Waals surface area contributed by atoms with Crippen molar-refractivity contribution in [2.45, 2.75) is 6.54 Å². The average Bonchev–Trinajstić information content (AvgIpc) is 2.04. The first-order valence-electron chi connectivity index (χ1n) is 3.65. The van der Waals surface area contributed by atoms with Crippen LogP contribution in [0.4, 0.5) is 0 Å². The molecule has 0 spiro atoms. The average molecular weight is 163 g/mol. The fraction of sp³-hybridized carbons (Fsp3) is 0.250. The number of pyridine rings is 1. The lowest BCUT2D eigenvalue weighted by Crippen LogP contribution is -2.26. The molecule has 1 aromatic rings. The van der Waals surface area contributed by atoms with Crippen LogP contribution in [-0.4, -0.2) is 22.1 Å². The predicted octanol–water partition coefficient (Wildman–Crippen LogP) is 0.557. The van der Waals surface area contributed by atoms with E-state index in [1.165, 1.54) is 6.20 Å². The highest BCUT2D eigenvalue weighted by atomic mass is 16.3. The second-order valence-corrected chi connectivity index (χ2v) is 2.75. The zero-order valence-electron chi connectivity index (χ0n) is 6.36. The summed E-state index contributed by atoms with van der Waals surface area (Å²) in [6, 6.07) is 1.71. The second kappa shape index (κ2) is 2.48. The van der Waals surface area contributed by atoms with Crippen LogP contribution in [0.5, 0.6) is 0 Å². The number of hydrogen-bond donors (Lipinski definition) is 0. The Morgan fingerprint density at radius 1 is 1.42 bits per heavy atom. The number of nitrogens with zero attached hydrogens (tertiary/aromatic N) is 2. The van der Waals surface area contributed by atoms with Crippen LogP contribution < -0.4 is 0 Å². The summed E-state index contributed by atoms with van der Waals surface area (Å²) in [5.74, 6) is -0.139. The molecule has 0 aromatic carbocycles. The van der Waals surface area contributed by atoms with E-state index in [0.29, 0.717) is 12.1 Å². The first kappa shape index (κ1) is 7.09. The number of fused-ring (bicyclic) bond motifs is 1. The van der Waals surface area contributed by atoms with Gasteiger partial charge in [-0.2, -0.15) is 0 Å². The summed E-state index contributed by atoms with van der Waals surface area (Å²) in [7, 11) is 0. The van der Waals surface area contributed by atoms with Gasteiger partial charge in [0.05, 0.1) is 5.56 Å². The van der Waals surface area contributed by atoms with Gasteiger partial charge in [0.25, 0.3) is 6.54 Å². The minimum Gasteiger partial charge on any atom is -0.287 e. The van der Waals surface area contributed by atoms with E-state index in [-0.39, 0.29) is 12.3 Å². The van der Waals surface area contributed by atoms with Crippen molar-refractivity contribution in [3.05, 3.63) is 34.5 Å². The lowest BCUT2D eigenvalue weighted by molar-refractivity contribution is -0.554. The lowest BCUT2D eigenvalue weighted by Gasteiger charge is -2.06. The van der Waals surface area contributed by atoms with Gasteiger partial charge in [0.1, 0.15) is 0 Å². The standard InChI is InChI=1S/C8H7N2O2/c11-8-5-10(12)4-6-1-2-9-3-7(6)8/h1-3H,4-5H2/q+1. The van der Waals surface area contributed by atoms with Crippen LogP contribution in [0, 0.1) is 4.91 Å². The lowest BCUT2D eigenvalue weighted by atomic mass is 10.0. The van der Waals surface area contributed by atoms with Gasteiger partial charge < -0.3 is 0 Å². The van der Waals surface area contributed by atoms with Crippen LogP contribution in [0.3, 0.4) is 0 Å². The first-order chi connectivity index (χ1) is 5.77. The maximum Gasteiger partial charge on any atom is 0.254 e. The molecule has 0 saturated heterocycles. The van der Waals surface area contributed by atoms with E-state index in [1.807, 2.05) is 0 Å². The van der Waals surface area contributed by atoms with Crippen LogP contribution in [0.2, 0.25) is 0 Å². The smallest absolute Gasteiger partial charge is 0.254 e. The molecule has 1 aromatic heterocycles. The molecule has 0 aliphatic carbocycles. The highest BCUT2D eigenvalue weighted by molar-refractivity contribution is 5.98. The van der Waals surface area contributed by atoms with Gasteiger partial charge in [-0.1, -0.05) is 0 Å². The molecule has 4 heteroatoms. The minimum absolute atomic E-state index is 0.0430. The van der Waals surface area contributed by atoms with Crippen molar-refractivity contribution in [2.75, 3.05) is 6.54 Å². The largest absolute Gasteiger partial charge is 0.287 e. The summed E-state index contributed by atoms with van der Waals surface area (Å²) < 4.78 is 0.755. The Morgan fingerprint density at radius 2 is 2.25 bits per heavy atom. The van der Waals surface area contributed by atoms with Crippen molar-refractivity contribution in [3.8, 4) is 0 Å². The maximum absolute atomic E-state index is 11.2. The second-order valence-electron chi connectivity index (χ2n) is 2.75. The normalized spacial score (nSPS) is 16.0. The quantitative estimate of drug-likeness (QED) is 0.525. The molecule has 0 unspecified atom stereocenters. The first-order valence-corrected chi connectivity index (χ1v) is 3.65. The number of aromatic nitrogens is 1. The molecular weight excluding hydrogens is 156 g/mol. The molecule has 0 N–H and O–H groups in total. The molecule has 0 radical (unpaired) electrons. The Balaban J connectivity index is 2.54. The third-order valence-corrected chi connectivity index (χ3v) is 1.88. The van der Waals surface area contributed by atoms with Gasteiger partial charge in [0, 0.05) is 27.6 Å². The van der Waals surface area contributed by atoms with Gasteiger partial charge in [-0.05, 0) is 6.07 Å². The van der Waals surface area contributed by atoms with Gasteiger partial charge in [0.2, 0.25) is 12.3 Å². The molecule has 1 aliphatic rings. The number of rotatable bonds is 0. The van der Waals surface area contributed by atoms with Gasteiger partial charge >= 0.3 is 0 Å². The molecular formula is C8H7N2O2+. The predicted molar refractivity (Wildman–Crippen MR) is 40.8 cm³/mol. The third kappa shape index (κ3) is 1.01. The molecule has 1 aliphatic heterocycles. The Hall–Kier alpha value is -1.58. The third-order valence-electron chi connectivity index (χ3n) is 1.88. The number of carbonyl (C=O) groups excluding carboxylic acids is 1. The minimum atomic E-state index is -0.139. The zero-order chi connectivity index (χ0) is 8.55. The molecule has 2 rings (SSSR count). The van der Waals surface area contributed by atoms with Crippen molar-refractivity contribution >= 4 is 5.78 Å². The Kier molecular flexibility index (Phi) is 1.46.